The van der Waals surface area contributed by atoms with Crippen LogP contribution in [-0.2, 0) is 4.79 Å². The molecule has 4 heteroatoms. The molecule has 1 aliphatic rings. The molecule has 4 nitrogen and oxygen atoms in total. The predicted molar refractivity (Wildman–Crippen MR) is 73.0 cm³/mol. The Bertz CT molecular complexity index is 263. The highest BCUT2D eigenvalue weighted by molar-refractivity contribution is 5.76. The molecule has 0 radical (unpaired) electrons. The fourth-order valence-electron chi connectivity index (χ4n) is 2.48. The summed E-state index contributed by atoms with van der Waals surface area (Å²) in [5.41, 5.74) is 5.89. The third-order valence-corrected chi connectivity index (χ3v) is 3.87. The number of amides is 1. The van der Waals surface area contributed by atoms with Crippen LogP contribution >= 0.6 is 0 Å². The van der Waals surface area contributed by atoms with Gasteiger partial charge < -0.3 is 16.2 Å². The highest BCUT2D eigenvalue weighted by atomic mass is 16.3. The molecule has 0 aliphatic heterocycles. The lowest BCUT2D eigenvalue weighted by Gasteiger charge is -2.18. The Morgan fingerprint density at radius 1 is 1.44 bits per heavy atom. The van der Waals surface area contributed by atoms with E-state index in [-0.39, 0.29) is 23.8 Å². The normalized spacial score (nSPS) is 18.7. The van der Waals surface area contributed by atoms with Gasteiger partial charge in [-0.15, -0.1) is 0 Å². The second kappa shape index (κ2) is 7.10. The van der Waals surface area contributed by atoms with Crippen LogP contribution in [0.25, 0.3) is 0 Å². The molecular formula is C14H28N2O2. The van der Waals surface area contributed by atoms with Crippen molar-refractivity contribution in [3.05, 3.63) is 0 Å². The molecule has 0 bridgehead atoms. The number of hydrogen-bond acceptors (Lipinski definition) is 3. The minimum absolute atomic E-state index is 0.107. The molecule has 1 amide bonds. The maximum absolute atomic E-state index is 11.8. The predicted octanol–water partition coefficient (Wildman–Crippen LogP) is 1.28. The van der Waals surface area contributed by atoms with E-state index in [9.17, 15) is 4.79 Å². The van der Waals surface area contributed by atoms with Crippen LogP contribution in [0.1, 0.15) is 46.0 Å². The van der Waals surface area contributed by atoms with Gasteiger partial charge in [0.25, 0.3) is 0 Å². The fourth-order valence-corrected chi connectivity index (χ4v) is 2.48. The SMILES string of the molecule is CC(C)CC(CN)CC(=O)NCC1(CCO)CC1. The highest BCUT2D eigenvalue weighted by Gasteiger charge is 2.41. The maximum atomic E-state index is 11.8. The van der Waals surface area contributed by atoms with Gasteiger partial charge in [-0.25, -0.2) is 0 Å². The van der Waals surface area contributed by atoms with Crippen LogP contribution in [0.15, 0.2) is 0 Å². The van der Waals surface area contributed by atoms with Crippen LogP contribution in [0.2, 0.25) is 0 Å². The largest absolute Gasteiger partial charge is 0.396 e. The van der Waals surface area contributed by atoms with Crippen LogP contribution < -0.4 is 11.1 Å². The molecule has 0 heterocycles. The van der Waals surface area contributed by atoms with Crippen molar-refractivity contribution < 1.29 is 9.90 Å². The van der Waals surface area contributed by atoms with Gasteiger partial charge in [0, 0.05) is 19.6 Å². The molecule has 0 aromatic rings. The van der Waals surface area contributed by atoms with Crippen molar-refractivity contribution in [2.24, 2.45) is 23.0 Å². The molecule has 0 spiro atoms. The minimum Gasteiger partial charge on any atom is -0.396 e. The molecule has 4 N–H and O–H groups in total. The van der Waals surface area contributed by atoms with Gasteiger partial charge in [-0.1, -0.05) is 13.8 Å². The Labute approximate surface area is 110 Å². The van der Waals surface area contributed by atoms with E-state index in [4.69, 9.17) is 10.8 Å². The first kappa shape index (κ1) is 15.4. The molecule has 0 aromatic carbocycles. The van der Waals surface area contributed by atoms with Gasteiger partial charge in [-0.3, -0.25) is 4.79 Å². The van der Waals surface area contributed by atoms with Crippen molar-refractivity contribution in [1.29, 1.82) is 0 Å². The standard InChI is InChI=1S/C14H28N2O2/c1-11(2)7-12(9-15)8-13(18)16-10-14(3-4-14)5-6-17/h11-12,17H,3-10,15H2,1-2H3,(H,16,18). The van der Waals surface area contributed by atoms with E-state index in [1.807, 2.05) is 0 Å². The number of rotatable bonds is 9. The third-order valence-electron chi connectivity index (χ3n) is 3.87. The van der Waals surface area contributed by atoms with Crippen LogP contribution in [0.3, 0.4) is 0 Å². The highest BCUT2D eigenvalue weighted by Crippen LogP contribution is 2.47. The Balaban J connectivity index is 2.24. The summed E-state index contributed by atoms with van der Waals surface area (Å²) in [4.78, 5) is 11.8. The van der Waals surface area contributed by atoms with Gasteiger partial charge in [-0.2, -0.15) is 0 Å². The summed E-state index contributed by atoms with van der Waals surface area (Å²) in [6.45, 7) is 5.81. The van der Waals surface area contributed by atoms with Crippen molar-refractivity contribution in [1.82, 2.24) is 5.32 Å². The molecule has 1 unspecified atom stereocenters. The fraction of sp³-hybridized carbons (Fsp3) is 0.929. The molecule has 0 aromatic heterocycles. The van der Waals surface area contributed by atoms with E-state index < -0.39 is 0 Å². The van der Waals surface area contributed by atoms with Crippen molar-refractivity contribution in [2.75, 3.05) is 19.7 Å². The van der Waals surface area contributed by atoms with E-state index in [1.54, 1.807) is 0 Å². The first-order valence-corrected chi connectivity index (χ1v) is 7.09. The van der Waals surface area contributed by atoms with E-state index in [1.165, 1.54) is 0 Å². The molecule has 1 rings (SSSR count). The summed E-state index contributed by atoms with van der Waals surface area (Å²) in [6, 6.07) is 0. The number of carbonyl (C=O) groups excluding carboxylic acids is 1. The zero-order chi connectivity index (χ0) is 13.6. The van der Waals surface area contributed by atoms with Crippen molar-refractivity contribution in [3.8, 4) is 0 Å². The molecular weight excluding hydrogens is 228 g/mol. The molecule has 106 valence electrons. The Morgan fingerprint density at radius 3 is 2.56 bits per heavy atom. The number of aliphatic hydroxyl groups is 1. The second-order valence-electron chi connectivity index (χ2n) is 6.19. The van der Waals surface area contributed by atoms with Gasteiger partial charge in [0.2, 0.25) is 5.91 Å². The average Bonchev–Trinajstić information content (AvgIpc) is 3.06. The van der Waals surface area contributed by atoms with Crippen LogP contribution in [0.5, 0.6) is 0 Å². The summed E-state index contributed by atoms with van der Waals surface area (Å²) < 4.78 is 0. The maximum Gasteiger partial charge on any atom is 0.220 e. The summed E-state index contributed by atoms with van der Waals surface area (Å²) in [5, 5.41) is 12.0. The second-order valence-corrected chi connectivity index (χ2v) is 6.19. The number of aliphatic hydroxyl groups excluding tert-OH is 1. The van der Waals surface area contributed by atoms with Crippen molar-refractivity contribution in [2.45, 2.75) is 46.0 Å². The Hall–Kier alpha value is -0.610. The molecule has 18 heavy (non-hydrogen) atoms. The molecule has 1 atom stereocenters. The molecule has 1 saturated carbocycles. The number of hydrogen-bond donors (Lipinski definition) is 3. The lowest BCUT2D eigenvalue weighted by molar-refractivity contribution is -0.122. The van der Waals surface area contributed by atoms with Crippen molar-refractivity contribution >= 4 is 5.91 Å². The van der Waals surface area contributed by atoms with Gasteiger partial charge in [0.05, 0.1) is 0 Å². The molecule has 1 aliphatic carbocycles. The van der Waals surface area contributed by atoms with E-state index in [0.717, 1.165) is 25.7 Å². The zero-order valence-electron chi connectivity index (χ0n) is 11.7. The summed E-state index contributed by atoms with van der Waals surface area (Å²) in [5.74, 6) is 0.976. The molecule has 0 saturated heterocycles. The Kier molecular flexibility index (Phi) is 6.09. The number of nitrogens with one attached hydrogen (secondary N) is 1. The molecule has 1 fully saturated rings. The quantitative estimate of drug-likeness (QED) is 0.581. The van der Waals surface area contributed by atoms with Gasteiger partial charge >= 0.3 is 0 Å². The monoisotopic (exact) mass is 256 g/mol. The van der Waals surface area contributed by atoms with Gasteiger partial charge in [-0.05, 0) is 49.5 Å². The van der Waals surface area contributed by atoms with E-state index >= 15 is 0 Å². The topological polar surface area (TPSA) is 75.4 Å². The van der Waals surface area contributed by atoms with Gasteiger partial charge in [0.1, 0.15) is 0 Å². The summed E-state index contributed by atoms with van der Waals surface area (Å²) in [7, 11) is 0. The lowest BCUT2D eigenvalue weighted by Crippen LogP contribution is -2.33. The van der Waals surface area contributed by atoms with E-state index in [0.29, 0.717) is 25.4 Å². The number of nitrogens with two attached hydrogens (primary N) is 1. The van der Waals surface area contributed by atoms with Crippen LogP contribution in [0.4, 0.5) is 0 Å². The summed E-state index contributed by atoms with van der Waals surface area (Å²) >= 11 is 0. The van der Waals surface area contributed by atoms with Crippen molar-refractivity contribution in [3.63, 3.8) is 0 Å². The van der Waals surface area contributed by atoms with E-state index in [2.05, 4.69) is 19.2 Å². The lowest BCUT2D eigenvalue weighted by atomic mass is 9.94. The van der Waals surface area contributed by atoms with Crippen LogP contribution in [-0.4, -0.2) is 30.7 Å². The smallest absolute Gasteiger partial charge is 0.220 e. The number of carbonyl (C=O) groups is 1. The Morgan fingerprint density at radius 2 is 2.11 bits per heavy atom. The third kappa shape index (κ3) is 5.36. The average molecular weight is 256 g/mol. The minimum atomic E-state index is 0.107. The van der Waals surface area contributed by atoms with Crippen LogP contribution in [0, 0.1) is 17.3 Å². The van der Waals surface area contributed by atoms with Gasteiger partial charge in [0.15, 0.2) is 0 Å². The first-order chi connectivity index (χ1) is 8.51. The first-order valence-electron chi connectivity index (χ1n) is 7.09. The zero-order valence-corrected chi connectivity index (χ0v) is 11.7. The summed E-state index contributed by atoms with van der Waals surface area (Å²) in [6.07, 6.45) is 4.59.